The molecule has 4 aliphatic rings. The van der Waals surface area contributed by atoms with E-state index in [1.807, 2.05) is 0 Å². The maximum absolute atomic E-state index is 5.64. The van der Waals surface area contributed by atoms with E-state index in [4.69, 9.17) is 5.73 Å². The summed E-state index contributed by atoms with van der Waals surface area (Å²) in [7, 11) is 2.35. The van der Waals surface area contributed by atoms with Gasteiger partial charge in [0.1, 0.15) is 0 Å². The van der Waals surface area contributed by atoms with Crippen LogP contribution >= 0.6 is 0 Å². The zero-order chi connectivity index (χ0) is 11.2. The van der Waals surface area contributed by atoms with Crippen LogP contribution in [0.3, 0.4) is 0 Å². The smallest absolute Gasteiger partial charge is 0.0214 e. The molecule has 4 fully saturated rings. The molecular weight excluding hydrogens is 196 g/mol. The van der Waals surface area contributed by atoms with Crippen molar-refractivity contribution >= 4 is 0 Å². The minimum absolute atomic E-state index is 0.587. The van der Waals surface area contributed by atoms with Gasteiger partial charge in [0.2, 0.25) is 0 Å². The van der Waals surface area contributed by atoms with Gasteiger partial charge < -0.3 is 10.6 Å². The summed E-state index contributed by atoms with van der Waals surface area (Å²) < 4.78 is 0. The Labute approximate surface area is 99.6 Å². The fourth-order valence-electron chi connectivity index (χ4n) is 5.10. The van der Waals surface area contributed by atoms with Crippen LogP contribution in [-0.4, -0.2) is 30.6 Å². The minimum atomic E-state index is 0.587. The van der Waals surface area contributed by atoms with E-state index < -0.39 is 0 Å². The number of nitrogens with zero attached hydrogens (tertiary/aromatic N) is 1. The molecule has 0 aromatic rings. The van der Waals surface area contributed by atoms with Crippen molar-refractivity contribution in [3.8, 4) is 0 Å². The van der Waals surface area contributed by atoms with E-state index in [0.717, 1.165) is 30.7 Å². The molecule has 16 heavy (non-hydrogen) atoms. The van der Waals surface area contributed by atoms with Crippen LogP contribution in [0.4, 0.5) is 0 Å². The Morgan fingerprint density at radius 2 is 1.56 bits per heavy atom. The second kappa shape index (κ2) is 3.99. The van der Waals surface area contributed by atoms with E-state index in [2.05, 4.69) is 11.9 Å². The second-order valence-electron chi connectivity index (χ2n) is 6.71. The van der Waals surface area contributed by atoms with Crippen LogP contribution in [0.25, 0.3) is 0 Å². The van der Waals surface area contributed by atoms with Gasteiger partial charge in [-0.25, -0.2) is 0 Å². The molecule has 4 bridgehead atoms. The van der Waals surface area contributed by atoms with E-state index in [1.165, 1.54) is 25.8 Å². The fraction of sp³-hybridized carbons (Fsp3) is 1.00. The Balaban J connectivity index is 1.72. The van der Waals surface area contributed by atoms with Gasteiger partial charge in [0.05, 0.1) is 0 Å². The zero-order valence-electron chi connectivity index (χ0n) is 10.6. The highest BCUT2D eigenvalue weighted by atomic mass is 15.2. The SMILES string of the molecule is CN(CCCN)C12CC3CC(CC(C3)C1)C2. The van der Waals surface area contributed by atoms with Crippen molar-refractivity contribution in [1.29, 1.82) is 0 Å². The minimum Gasteiger partial charge on any atom is -0.330 e. The molecule has 4 rings (SSSR count). The van der Waals surface area contributed by atoms with Crippen LogP contribution in [0.15, 0.2) is 0 Å². The van der Waals surface area contributed by atoms with Gasteiger partial charge in [-0.2, -0.15) is 0 Å². The predicted molar refractivity (Wildman–Crippen MR) is 67.2 cm³/mol. The fourth-order valence-corrected chi connectivity index (χ4v) is 5.10. The summed E-state index contributed by atoms with van der Waals surface area (Å²) in [6, 6.07) is 0. The van der Waals surface area contributed by atoms with Crippen molar-refractivity contribution in [3.05, 3.63) is 0 Å². The highest BCUT2D eigenvalue weighted by Gasteiger charge is 2.52. The zero-order valence-corrected chi connectivity index (χ0v) is 10.6. The van der Waals surface area contributed by atoms with Gasteiger partial charge in [-0.3, -0.25) is 0 Å². The van der Waals surface area contributed by atoms with Gasteiger partial charge >= 0.3 is 0 Å². The standard InChI is InChI=1S/C14H26N2/c1-16(4-2-3-15)14-8-11-5-12(9-14)7-13(6-11)10-14/h11-13H,2-10,15H2,1H3. The summed E-state index contributed by atoms with van der Waals surface area (Å²) in [5.74, 6) is 3.18. The summed E-state index contributed by atoms with van der Waals surface area (Å²) >= 11 is 0. The first kappa shape index (κ1) is 11.0. The quantitative estimate of drug-likeness (QED) is 0.790. The summed E-state index contributed by atoms with van der Waals surface area (Å²) in [4.78, 5) is 2.67. The lowest BCUT2D eigenvalue weighted by Crippen LogP contribution is -2.59. The lowest BCUT2D eigenvalue weighted by molar-refractivity contribution is -0.0789. The number of rotatable bonds is 4. The lowest BCUT2D eigenvalue weighted by Gasteiger charge is -2.60. The van der Waals surface area contributed by atoms with Crippen molar-refractivity contribution in [2.45, 2.75) is 50.5 Å². The van der Waals surface area contributed by atoms with Crippen molar-refractivity contribution in [1.82, 2.24) is 4.90 Å². The molecule has 0 unspecified atom stereocenters. The van der Waals surface area contributed by atoms with Gasteiger partial charge in [0.25, 0.3) is 0 Å². The molecule has 2 nitrogen and oxygen atoms in total. The molecule has 0 radical (unpaired) electrons. The molecule has 0 saturated heterocycles. The third kappa shape index (κ3) is 1.70. The van der Waals surface area contributed by atoms with Crippen molar-refractivity contribution in [2.75, 3.05) is 20.1 Å². The van der Waals surface area contributed by atoms with Gasteiger partial charge in [-0.1, -0.05) is 0 Å². The van der Waals surface area contributed by atoms with Crippen LogP contribution in [0, 0.1) is 17.8 Å². The molecule has 0 aromatic heterocycles. The molecule has 0 heterocycles. The van der Waals surface area contributed by atoms with Crippen LogP contribution in [-0.2, 0) is 0 Å². The van der Waals surface area contributed by atoms with Gasteiger partial charge in [0, 0.05) is 5.54 Å². The highest BCUT2D eigenvalue weighted by molar-refractivity contribution is 5.06. The van der Waals surface area contributed by atoms with E-state index in [0.29, 0.717) is 5.54 Å². The molecule has 2 N–H and O–H groups in total. The summed E-state index contributed by atoms with van der Waals surface area (Å²) in [5.41, 5.74) is 6.23. The van der Waals surface area contributed by atoms with E-state index >= 15 is 0 Å². The summed E-state index contributed by atoms with van der Waals surface area (Å²) in [6.45, 7) is 2.05. The van der Waals surface area contributed by atoms with Crippen molar-refractivity contribution in [2.24, 2.45) is 23.5 Å². The number of nitrogens with two attached hydrogens (primary N) is 1. The molecule has 4 saturated carbocycles. The number of hydrogen-bond donors (Lipinski definition) is 1. The Morgan fingerprint density at radius 1 is 1.06 bits per heavy atom. The highest BCUT2D eigenvalue weighted by Crippen LogP contribution is 2.57. The Morgan fingerprint density at radius 3 is 2.00 bits per heavy atom. The van der Waals surface area contributed by atoms with Crippen molar-refractivity contribution in [3.63, 3.8) is 0 Å². The van der Waals surface area contributed by atoms with Gasteiger partial charge in [-0.15, -0.1) is 0 Å². The molecule has 2 heteroatoms. The predicted octanol–water partition coefficient (Wildman–Crippen LogP) is 2.24. The second-order valence-corrected chi connectivity index (χ2v) is 6.71. The Hall–Kier alpha value is -0.0800. The summed E-state index contributed by atoms with van der Waals surface area (Å²) in [5, 5.41) is 0. The number of hydrogen-bond acceptors (Lipinski definition) is 2. The molecular formula is C14H26N2. The van der Waals surface area contributed by atoms with E-state index in [1.54, 1.807) is 19.3 Å². The van der Waals surface area contributed by atoms with Crippen LogP contribution < -0.4 is 5.73 Å². The van der Waals surface area contributed by atoms with E-state index in [9.17, 15) is 0 Å². The first-order valence-corrected chi connectivity index (χ1v) is 7.13. The maximum Gasteiger partial charge on any atom is 0.0214 e. The molecule has 92 valence electrons. The first-order chi connectivity index (χ1) is 7.72. The third-order valence-corrected chi connectivity index (χ3v) is 5.51. The molecule has 4 aliphatic carbocycles. The molecule has 0 aliphatic heterocycles. The molecule has 0 atom stereocenters. The van der Waals surface area contributed by atoms with E-state index in [-0.39, 0.29) is 0 Å². The average Bonchev–Trinajstić information content (AvgIpc) is 2.24. The summed E-state index contributed by atoms with van der Waals surface area (Å²) in [6.07, 6.45) is 10.3. The lowest BCUT2D eigenvalue weighted by atomic mass is 9.52. The van der Waals surface area contributed by atoms with Crippen LogP contribution in [0.5, 0.6) is 0 Å². The average molecular weight is 222 g/mol. The third-order valence-electron chi connectivity index (χ3n) is 5.51. The molecule has 0 spiro atoms. The molecule has 0 amide bonds. The van der Waals surface area contributed by atoms with Crippen molar-refractivity contribution < 1.29 is 0 Å². The van der Waals surface area contributed by atoms with Crippen LogP contribution in [0.1, 0.15) is 44.9 Å². The van der Waals surface area contributed by atoms with Gasteiger partial charge in [-0.05, 0) is 82.8 Å². The Kier molecular flexibility index (Phi) is 2.75. The monoisotopic (exact) mass is 222 g/mol. The van der Waals surface area contributed by atoms with Crippen LogP contribution in [0.2, 0.25) is 0 Å². The molecule has 0 aromatic carbocycles. The Bertz CT molecular complexity index is 226. The largest absolute Gasteiger partial charge is 0.330 e. The van der Waals surface area contributed by atoms with Gasteiger partial charge in [0.15, 0.2) is 0 Å². The maximum atomic E-state index is 5.64. The normalized spacial score (nSPS) is 45.6. The topological polar surface area (TPSA) is 29.3 Å². The first-order valence-electron chi connectivity index (χ1n) is 7.13.